The first-order chi connectivity index (χ1) is 10.2. The molecule has 0 fully saturated rings. The van der Waals surface area contributed by atoms with Crippen LogP contribution in [0.15, 0.2) is 40.3 Å². The molecule has 0 amide bonds. The van der Waals surface area contributed by atoms with Crippen LogP contribution >= 0.6 is 0 Å². The summed E-state index contributed by atoms with van der Waals surface area (Å²) in [5.74, 6) is -0.850. The van der Waals surface area contributed by atoms with Crippen LogP contribution in [-0.2, 0) is 10.0 Å². The third-order valence-corrected chi connectivity index (χ3v) is 5.16. The molecule has 7 heteroatoms. The molecular formula is C15H18N2O4S. The van der Waals surface area contributed by atoms with Gasteiger partial charge in [-0.2, -0.15) is 3.97 Å². The number of hydrogen-bond donors (Lipinski definition) is 0. The maximum absolute atomic E-state index is 12.6. The zero-order valence-corrected chi connectivity index (χ0v) is 13.7. The molecule has 0 aliphatic rings. The zero-order chi connectivity index (χ0) is 16.7. The first-order valence-corrected chi connectivity index (χ1v) is 8.27. The number of hydrogen-bond acceptors (Lipinski definition) is 4. The van der Waals surface area contributed by atoms with Gasteiger partial charge >= 0.3 is 5.69 Å². The van der Waals surface area contributed by atoms with Gasteiger partial charge in [0.2, 0.25) is 5.91 Å². The summed E-state index contributed by atoms with van der Waals surface area (Å²) in [5, 5.41) is 0. The average Bonchev–Trinajstić information content (AvgIpc) is 2.83. The average molecular weight is 322 g/mol. The van der Waals surface area contributed by atoms with E-state index in [1.807, 2.05) is 6.92 Å². The van der Waals surface area contributed by atoms with Gasteiger partial charge in [0, 0.05) is 18.3 Å². The second kappa shape index (κ2) is 5.57. The largest absolute Gasteiger partial charge is 0.349 e. The summed E-state index contributed by atoms with van der Waals surface area (Å²) in [6.45, 7) is 6.95. The van der Waals surface area contributed by atoms with Gasteiger partial charge < -0.3 is 0 Å². The second-order valence-electron chi connectivity index (χ2n) is 5.49. The van der Waals surface area contributed by atoms with Gasteiger partial charge in [0.05, 0.1) is 4.90 Å². The van der Waals surface area contributed by atoms with Gasteiger partial charge in [-0.05, 0) is 37.1 Å². The summed E-state index contributed by atoms with van der Waals surface area (Å²) in [6.07, 6.45) is 2.29. The van der Waals surface area contributed by atoms with Gasteiger partial charge in [-0.1, -0.05) is 19.9 Å². The Bertz CT molecular complexity index is 889. The molecular weight excluding hydrogens is 304 g/mol. The predicted molar refractivity (Wildman–Crippen MR) is 82.7 cm³/mol. The van der Waals surface area contributed by atoms with Crippen molar-refractivity contribution in [1.29, 1.82) is 0 Å². The van der Waals surface area contributed by atoms with Crippen molar-refractivity contribution in [2.45, 2.75) is 32.6 Å². The maximum atomic E-state index is 12.6. The molecule has 0 aliphatic carbocycles. The van der Waals surface area contributed by atoms with Gasteiger partial charge in [-0.25, -0.2) is 17.8 Å². The number of aromatic nitrogens is 2. The fraction of sp³-hybridized carbons (Fsp3) is 0.333. The summed E-state index contributed by atoms with van der Waals surface area (Å²) in [4.78, 5) is 24.1. The molecule has 0 N–H and O–H groups in total. The molecule has 0 aliphatic heterocycles. The minimum absolute atomic E-state index is 0.0208. The fourth-order valence-corrected chi connectivity index (χ4v) is 3.28. The summed E-state index contributed by atoms with van der Waals surface area (Å²) < 4.78 is 26.5. The number of aryl methyl sites for hydroxylation is 2. The van der Waals surface area contributed by atoms with Crippen LogP contribution in [0, 0.1) is 19.8 Å². The maximum Gasteiger partial charge on any atom is 0.349 e. The zero-order valence-electron chi connectivity index (χ0n) is 12.9. The number of rotatable bonds is 3. The summed E-state index contributed by atoms with van der Waals surface area (Å²) in [6, 6.07) is 4.65. The van der Waals surface area contributed by atoms with Crippen molar-refractivity contribution in [2.24, 2.45) is 5.92 Å². The second-order valence-corrected chi connectivity index (χ2v) is 7.31. The number of benzene rings is 1. The van der Waals surface area contributed by atoms with Gasteiger partial charge in [-0.15, -0.1) is 0 Å². The molecule has 6 nitrogen and oxygen atoms in total. The summed E-state index contributed by atoms with van der Waals surface area (Å²) in [5.41, 5.74) is 0.891. The first-order valence-electron chi connectivity index (χ1n) is 6.83. The Morgan fingerprint density at radius 1 is 1.09 bits per heavy atom. The summed E-state index contributed by atoms with van der Waals surface area (Å²) >= 11 is 0. The Kier molecular flexibility index (Phi) is 4.10. The minimum Gasteiger partial charge on any atom is -0.274 e. The molecule has 1 aromatic heterocycles. The quantitative estimate of drug-likeness (QED) is 0.863. The number of imidazole rings is 1. The van der Waals surface area contributed by atoms with E-state index in [-0.39, 0.29) is 4.90 Å². The lowest BCUT2D eigenvalue weighted by Crippen LogP contribution is -2.34. The van der Waals surface area contributed by atoms with Crippen molar-refractivity contribution in [2.75, 3.05) is 0 Å². The van der Waals surface area contributed by atoms with Crippen molar-refractivity contribution in [3.8, 4) is 0 Å². The van der Waals surface area contributed by atoms with Crippen LogP contribution in [0.5, 0.6) is 0 Å². The number of nitrogens with zero attached hydrogens (tertiary/aromatic N) is 2. The van der Waals surface area contributed by atoms with Crippen molar-refractivity contribution < 1.29 is 13.2 Å². The minimum atomic E-state index is -4.02. The van der Waals surface area contributed by atoms with Gasteiger partial charge in [0.25, 0.3) is 10.0 Å². The van der Waals surface area contributed by atoms with Crippen LogP contribution < -0.4 is 5.69 Å². The van der Waals surface area contributed by atoms with E-state index in [0.717, 1.165) is 21.9 Å². The molecule has 2 rings (SSSR count). The molecule has 0 saturated carbocycles. The molecule has 22 heavy (non-hydrogen) atoms. The molecule has 0 bridgehead atoms. The highest BCUT2D eigenvalue weighted by atomic mass is 32.2. The Morgan fingerprint density at radius 3 is 2.27 bits per heavy atom. The molecule has 0 unspecified atom stereocenters. The number of carbonyl (C=O) groups excluding carboxylic acids is 1. The highest BCUT2D eigenvalue weighted by Gasteiger charge is 2.23. The highest BCUT2D eigenvalue weighted by molar-refractivity contribution is 7.90. The molecule has 2 aromatic rings. The molecule has 0 radical (unpaired) electrons. The predicted octanol–water partition coefficient (Wildman–Crippen LogP) is 1.80. The molecule has 1 aromatic carbocycles. The van der Waals surface area contributed by atoms with Crippen molar-refractivity contribution in [1.82, 2.24) is 8.54 Å². The SMILES string of the molecule is Cc1ccc(S(=O)(=O)n2ccn(C(=O)C(C)C)c2=O)cc1C. The lowest BCUT2D eigenvalue weighted by molar-refractivity contribution is 0.0851. The van der Waals surface area contributed by atoms with E-state index in [1.165, 1.54) is 18.3 Å². The van der Waals surface area contributed by atoms with Crippen LogP contribution in [0.4, 0.5) is 0 Å². The smallest absolute Gasteiger partial charge is 0.274 e. The first kappa shape index (κ1) is 16.2. The van der Waals surface area contributed by atoms with Crippen LogP contribution in [0.25, 0.3) is 0 Å². The van der Waals surface area contributed by atoms with E-state index < -0.39 is 27.5 Å². The molecule has 0 saturated heterocycles. The van der Waals surface area contributed by atoms with Gasteiger partial charge in [0.1, 0.15) is 0 Å². The van der Waals surface area contributed by atoms with Crippen LogP contribution in [0.2, 0.25) is 0 Å². The Hall–Kier alpha value is -2.15. The van der Waals surface area contributed by atoms with E-state index in [2.05, 4.69) is 0 Å². The third-order valence-electron chi connectivity index (χ3n) is 3.51. The fourth-order valence-electron chi connectivity index (χ4n) is 1.98. The van der Waals surface area contributed by atoms with Gasteiger partial charge in [-0.3, -0.25) is 4.79 Å². The third kappa shape index (κ3) is 2.64. The van der Waals surface area contributed by atoms with E-state index in [0.29, 0.717) is 3.97 Å². The lowest BCUT2D eigenvalue weighted by atomic mass is 10.1. The lowest BCUT2D eigenvalue weighted by Gasteiger charge is -2.07. The van der Waals surface area contributed by atoms with Crippen LogP contribution in [0.3, 0.4) is 0 Å². The molecule has 118 valence electrons. The highest BCUT2D eigenvalue weighted by Crippen LogP contribution is 2.16. The topological polar surface area (TPSA) is 78.1 Å². The normalized spacial score (nSPS) is 11.9. The van der Waals surface area contributed by atoms with Crippen molar-refractivity contribution in [3.63, 3.8) is 0 Å². The Morgan fingerprint density at radius 2 is 1.73 bits per heavy atom. The van der Waals surface area contributed by atoms with E-state index >= 15 is 0 Å². The number of carbonyl (C=O) groups is 1. The molecule has 1 heterocycles. The molecule has 0 atom stereocenters. The molecule has 0 spiro atoms. The van der Waals surface area contributed by atoms with E-state index in [4.69, 9.17) is 0 Å². The van der Waals surface area contributed by atoms with E-state index in [1.54, 1.807) is 26.8 Å². The van der Waals surface area contributed by atoms with Crippen molar-refractivity contribution in [3.05, 3.63) is 52.2 Å². The van der Waals surface area contributed by atoms with E-state index in [9.17, 15) is 18.0 Å². The summed E-state index contributed by atoms with van der Waals surface area (Å²) in [7, 11) is -4.02. The van der Waals surface area contributed by atoms with Crippen molar-refractivity contribution >= 4 is 15.9 Å². The van der Waals surface area contributed by atoms with Crippen LogP contribution in [0.1, 0.15) is 29.8 Å². The Balaban J connectivity index is 2.58. The monoisotopic (exact) mass is 322 g/mol. The van der Waals surface area contributed by atoms with Gasteiger partial charge in [0.15, 0.2) is 0 Å². The Labute approximate surface area is 129 Å². The van der Waals surface area contributed by atoms with Crippen LogP contribution in [-0.4, -0.2) is 22.9 Å². The standard InChI is InChI=1S/C15H18N2O4S/c1-10(2)14(18)16-7-8-17(15(16)19)22(20,21)13-6-5-11(3)12(4)9-13/h5-10H,1-4H3.